The second-order valence-corrected chi connectivity index (χ2v) is 8.40. The number of aromatic amines is 1. The third kappa shape index (κ3) is 3.53. The van der Waals surface area contributed by atoms with Crippen LogP contribution in [0.3, 0.4) is 0 Å². The van der Waals surface area contributed by atoms with Crippen LogP contribution in [0.4, 0.5) is 4.79 Å². The molecule has 4 rings (SSSR count). The van der Waals surface area contributed by atoms with E-state index in [9.17, 15) is 24.0 Å². The Kier molecular flexibility index (Phi) is 5.44. The molecule has 9 nitrogen and oxygen atoms in total. The molecule has 160 valence electrons. The number of carbonyl (C=O) groups is 5. The van der Waals surface area contributed by atoms with Crippen LogP contribution in [0, 0.1) is 5.92 Å². The first-order chi connectivity index (χ1) is 14.4. The van der Waals surface area contributed by atoms with Gasteiger partial charge in [-0.15, -0.1) is 0 Å². The van der Waals surface area contributed by atoms with Crippen LogP contribution < -0.4 is 0 Å². The Hall–Kier alpha value is -2.97. The Morgan fingerprint density at radius 3 is 2.43 bits per heavy atom. The number of Topliss-reactive ketones (excluding diaryl/α,β-unsaturated/α-hetero) is 1. The zero-order valence-corrected chi connectivity index (χ0v) is 17.1. The molecule has 1 aromatic rings. The highest BCUT2D eigenvalue weighted by molar-refractivity contribution is 6.45. The Morgan fingerprint density at radius 1 is 1.03 bits per heavy atom. The lowest BCUT2D eigenvalue weighted by atomic mass is 9.85. The van der Waals surface area contributed by atoms with Gasteiger partial charge in [-0.05, 0) is 37.7 Å². The van der Waals surface area contributed by atoms with Crippen molar-refractivity contribution in [1.29, 1.82) is 0 Å². The van der Waals surface area contributed by atoms with Gasteiger partial charge in [0.05, 0.1) is 6.54 Å². The van der Waals surface area contributed by atoms with Crippen molar-refractivity contribution >= 4 is 29.5 Å². The third-order valence-electron chi connectivity index (χ3n) is 6.41. The minimum Gasteiger partial charge on any atom is -0.356 e. The molecule has 1 aliphatic carbocycles. The summed E-state index contributed by atoms with van der Waals surface area (Å²) in [4.78, 5) is 69.1. The standard InChI is InChI=1S/C21H26N4O5/c1-13-6-2-3-7-16(13)25-20(29)19(28)24(21(25)30)12-17(26)14-10-15(22-11-14)18(27)23-8-4-5-9-23/h10-11,13,16,22H,2-9,12H2,1H3/t13-,16-/m0/s1. The summed E-state index contributed by atoms with van der Waals surface area (Å²) in [6.45, 7) is 2.84. The van der Waals surface area contributed by atoms with Crippen LogP contribution in [0.2, 0.25) is 0 Å². The smallest absolute Gasteiger partial charge is 0.334 e. The van der Waals surface area contributed by atoms with E-state index < -0.39 is 30.2 Å². The monoisotopic (exact) mass is 414 g/mol. The van der Waals surface area contributed by atoms with E-state index in [2.05, 4.69) is 4.98 Å². The van der Waals surface area contributed by atoms with Gasteiger partial charge in [-0.1, -0.05) is 19.8 Å². The Bertz CT molecular complexity index is 901. The number of ketones is 1. The van der Waals surface area contributed by atoms with Crippen LogP contribution in [0.15, 0.2) is 12.3 Å². The summed E-state index contributed by atoms with van der Waals surface area (Å²) in [5, 5.41) is 0. The molecule has 2 saturated heterocycles. The molecule has 0 radical (unpaired) electrons. The number of hydrogen-bond donors (Lipinski definition) is 1. The van der Waals surface area contributed by atoms with Gasteiger partial charge in [0.25, 0.3) is 5.91 Å². The Morgan fingerprint density at radius 2 is 1.73 bits per heavy atom. The molecule has 0 unspecified atom stereocenters. The van der Waals surface area contributed by atoms with Crippen molar-refractivity contribution in [2.24, 2.45) is 5.92 Å². The van der Waals surface area contributed by atoms with Crippen LogP contribution in [-0.4, -0.2) is 74.9 Å². The zero-order valence-electron chi connectivity index (χ0n) is 17.1. The maximum absolute atomic E-state index is 12.8. The summed E-state index contributed by atoms with van der Waals surface area (Å²) in [6.07, 6.45) is 6.83. The van der Waals surface area contributed by atoms with Crippen LogP contribution in [-0.2, 0) is 9.59 Å². The molecule has 1 saturated carbocycles. The van der Waals surface area contributed by atoms with E-state index in [1.165, 1.54) is 12.3 Å². The van der Waals surface area contributed by atoms with E-state index in [0.29, 0.717) is 25.2 Å². The summed E-state index contributed by atoms with van der Waals surface area (Å²) in [7, 11) is 0. The highest BCUT2D eigenvalue weighted by Crippen LogP contribution is 2.31. The molecule has 0 bridgehead atoms. The van der Waals surface area contributed by atoms with Gasteiger partial charge in [0, 0.05) is 30.9 Å². The second-order valence-electron chi connectivity index (χ2n) is 8.40. The lowest BCUT2D eigenvalue weighted by Crippen LogP contribution is -2.46. The van der Waals surface area contributed by atoms with Crippen LogP contribution in [0.1, 0.15) is 66.3 Å². The van der Waals surface area contributed by atoms with Crippen LogP contribution in [0.5, 0.6) is 0 Å². The number of aromatic nitrogens is 1. The number of nitrogens with zero attached hydrogens (tertiary/aromatic N) is 3. The first-order valence-electron chi connectivity index (χ1n) is 10.6. The largest absolute Gasteiger partial charge is 0.356 e. The van der Waals surface area contributed by atoms with E-state index in [1.54, 1.807) is 4.90 Å². The van der Waals surface area contributed by atoms with Crippen LogP contribution in [0.25, 0.3) is 0 Å². The number of urea groups is 1. The maximum atomic E-state index is 12.8. The molecular formula is C21H26N4O5. The molecule has 5 amide bonds. The predicted molar refractivity (Wildman–Crippen MR) is 106 cm³/mol. The molecule has 1 N–H and O–H groups in total. The van der Waals surface area contributed by atoms with E-state index >= 15 is 0 Å². The quantitative estimate of drug-likeness (QED) is 0.449. The first-order valence-corrected chi connectivity index (χ1v) is 10.6. The van der Waals surface area contributed by atoms with Crippen molar-refractivity contribution in [3.8, 4) is 0 Å². The minimum atomic E-state index is -0.963. The van der Waals surface area contributed by atoms with E-state index in [4.69, 9.17) is 0 Å². The van der Waals surface area contributed by atoms with Crippen molar-refractivity contribution in [2.75, 3.05) is 19.6 Å². The van der Waals surface area contributed by atoms with Gasteiger partial charge in [-0.2, -0.15) is 0 Å². The first kappa shape index (κ1) is 20.3. The van der Waals surface area contributed by atoms with Gasteiger partial charge in [-0.3, -0.25) is 24.1 Å². The number of rotatable bonds is 5. The summed E-state index contributed by atoms with van der Waals surface area (Å²) >= 11 is 0. The molecular weight excluding hydrogens is 388 g/mol. The molecule has 9 heteroatoms. The van der Waals surface area contributed by atoms with Gasteiger partial charge >= 0.3 is 17.8 Å². The molecule has 2 atom stereocenters. The molecule has 30 heavy (non-hydrogen) atoms. The second kappa shape index (κ2) is 8.04. The Labute approximate surface area is 174 Å². The number of imide groups is 2. The number of carbonyl (C=O) groups excluding carboxylic acids is 5. The Balaban J connectivity index is 1.45. The summed E-state index contributed by atoms with van der Waals surface area (Å²) in [6, 6.07) is 0.414. The summed E-state index contributed by atoms with van der Waals surface area (Å²) in [5.41, 5.74) is 0.503. The average Bonchev–Trinajstić information content (AvgIpc) is 3.47. The summed E-state index contributed by atoms with van der Waals surface area (Å²) < 4.78 is 0. The third-order valence-corrected chi connectivity index (χ3v) is 6.41. The van der Waals surface area contributed by atoms with Gasteiger partial charge in [0.15, 0.2) is 5.78 Å². The van der Waals surface area contributed by atoms with E-state index in [0.717, 1.165) is 41.9 Å². The molecule has 0 spiro atoms. The fourth-order valence-corrected chi connectivity index (χ4v) is 4.64. The van der Waals surface area contributed by atoms with E-state index in [1.807, 2.05) is 6.92 Å². The summed E-state index contributed by atoms with van der Waals surface area (Å²) in [5.74, 6) is -2.37. The fourth-order valence-electron chi connectivity index (χ4n) is 4.64. The topological polar surface area (TPSA) is 111 Å². The van der Waals surface area contributed by atoms with Crippen molar-refractivity contribution in [3.05, 3.63) is 23.5 Å². The number of nitrogens with one attached hydrogen (secondary N) is 1. The predicted octanol–water partition coefficient (Wildman–Crippen LogP) is 1.80. The lowest BCUT2D eigenvalue weighted by Gasteiger charge is -2.34. The maximum Gasteiger partial charge on any atom is 0.334 e. The normalized spacial score (nSPS) is 24.8. The van der Waals surface area contributed by atoms with Gasteiger partial charge in [0.1, 0.15) is 5.69 Å². The van der Waals surface area contributed by atoms with Gasteiger partial charge < -0.3 is 9.88 Å². The number of amides is 5. The lowest BCUT2D eigenvalue weighted by molar-refractivity contribution is -0.144. The fraction of sp³-hybridized carbons (Fsp3) is 0.571. The van der Waals surface area contributed by atoms with Crippen molar-refractivity contribution < 1.29 is 24.0 Å². The zero-order chi connectivity index (χ0) is 21.4. The minimum absolute atomic E-state index is 0.124. The van der Waals surface area contributed by atoms with Gasteiger partial charge in [0.2, 0.25) is 0 Å². The van der Waals surface area contributed by atoms with Crippen molar-refractivity contribution in [1.82, 2.24) is 19.7 Å². The molecule has 3 heterocycles. The average molecular weight is 414 g/mol. The molecule has 3 aliphatic rings. The van der Waals surface area contributed by atoms with Crippen molar-refractivity contribution in [3.63, 3.8) is 0 Å². The number of hydrogen-bond acceptors (Lipinski definition) is 5. The van der Waals surface area contributed by atoms with E-state index in [-0.39, 0.29) is 23.4 Å². The molecule has 3 fully saturated rings. The van der Waals surface area contributed by atoms with Gasteiger partial charge in [-0.25, -0.2) is 9.69 Å². The number of likely N-dealkylation sites (tertiary alicyclic amines) is 1. The number of H-pyrrole nitrogens is 1. The van der Waals surface area contributed by atoms with Crippen molar-refractivity contribution in [2.45, 2.75) is 51.5 Å². The van der Waals surface area contributed by atoms with Crippen LogP contribution >= 0.6 is 0 Å². The molecule has 0 aromatic carbocycles. The highest BCUT2D eigenvalue weighted by atomic mass is 16.2. The highest BCUT2D eigenvalue weighted by Gasteiger charge is 2.49. The molecule has 1 aromatic heterocycles. The molecule has 2 aliphatic heterocycles. The SMILES string of the molecule is C[C@H]1CCCC[C@@H]1N1C(=O)C(=O)N(CC(=O)c2c[nH]c(C(=O)N3CCCC3)c2)C1=O.